The second-order valence-electron chi connectivity index (χ2n) is 4.66. The lowest BCUT2D eigenvalue weighted by Gasteiger charge is -2.09. The molecule has 5 heteroatoms. The van der Waals surface area contributed by atoms with Gasteiger partial charge in [-0.15, -0.1) is 0 Å². The summed E-state index contributed by atoms with van der Waals surface area (Å²) in [5.41, 5.74) is 0.834. The SMILES string of the molecule is O=C(O)C1(c2nccc(-c3cccc(Br)c3)n2)CC1. The molecule has 0 bridgehead atoms. The van der Waals surface area contributed by atoms with Gasteiger partial charge in [0, 0.05) is 16.2 Å². The van der Waals surface area contributed by atoms with Crippen LogP contribution in [0.2, 0.25) is 0 Å². The van der Waals surface area contributed by atoms with Crippen LogP contribution in [0.1, 0.15) is 18.7 Å². The summed E-state index contributed by atoms with van der Waals surface area (Å²) in [6.07, 6.45) is 2.86. The third kappa shape index (κ3) is 2.14. The minimum absolute atomic E-state index is 0.414. The predicted molar refractivity (Wildman–Crippen MR) is 73.7 cm³/mol. The van der Waals surface area contributed by atoms with Crippen molar-refractivity contribution in [3.63, 3.8) is 0 Å². The lowest BCUT2D eigenvalue weighted by Crippen LogP contribution is -2.22. The van der Waals surface area contributed by atoms with Gasteiger partial charge in [0.05, 0.1) is 5.69 Å². The molecule has 1 saturated carbocycles. The number of benzene rings is 1. The third-order valence-electron chi connectivity index (χ3n) is 3.36. The zero-order chi connectivity index (χ0) is 13.5. The number of carboxylic acids is 1. The van der Waals surface area contributed by atoms with Gasteiger partial charge in [0.15, 0.2) is 0 Å². The van der Waals surface area contributed by atoms with E-state index in [1.165, 1.54) is 0 Å². The Bertz CT molecular complexity index is 653. The van der Waals surface area contributed by atoms with E-state index in [0.717, 1.165) is 15.7 Å². The van der Waals surface area contributed by atoms with Gasteiger partial charge in [-0.1, -0.05) is 28.1 Å². The highest BCUT2D eigenvalue weighted by molar-refractivity contribution is 9.10. The summed E-state index contributed by atoms with van der Waals surface area (Å²) < 4.78 is 0.963. The van der Waals surface area contributed by atoms with E-state index in [0.29, 0.717) is 18.7 Å². The van der Waals surface area contributed by atoms with Crippen LogP contribution < -0.4 is 0 Å². The van der Waals surface area contributed by atoms with Crippen molar-refractivity contribution in [2.45, 2.75) is 18.3 Å². The van der Waals surface area contributed by atoms with Crippen molar-refractivity contribution in [3.8, 4) is 11.3 Å². The molecule has 0 spiro atoms. The lowest BCUT2D eigenvalue weighted by molar-refractivity contribution is -0.140. The summed E-state index contributed by atoms with van der Waals surface area (Å²) in [7, 11) is 0. The molecule has 0 unspecified atom stereocenters. The van der Waals surface area contributed by atoms with Crippen LogP contribution >= 0.6 is 15.9 Å². The van der Waals surface area contributed by atoms with Crippen molar-refractivity contribution in [2.24, 2.45) is 0 Å². The first-order valence-corrected chi connectivity index (χ1v) is 6.74. The second kappa shape index (κ2) is 4.42. The van der Waals surface area contributed by atoms with Crippen molar-refractivity contribution in [1.29, 1.82) is 0 Å². The fourth-order valence-electron chi connectivity index (χ4n) is 2.06. The first kappa shape index (κ1) is 12.3. The number of rotatable bonds is 3. The summed E-state index contributed by atoms with van der Waals surface area (Å²) in [6, 6.07) is 9.55. The minimum Gasteiger partial charge on any atom is -0.480 e. The standard InChI is InChI=1S/C14H11BrN2O2/c15-10-3-1-2-9(8-10)11-4-7-16-12(17-11)14(5-6-14)13(18)19/h1-4,7-8H,5-6H2,(H,18,19). The normalized spacial score (nSPS) is 16.1. The van der Waals surface area contributed by atoms with E-state index in [2.05, 4.69) is 25.9 Å². The number of aromatic nitrogens is 2. The molecular formula is C14H11BrN2O2. The van der Waals surface area contributed by atoms with Crippen LogP contribution in [-0.2, 0) is 10.2 Å². The summed E-state index contributed by atoms with van der Waals surface area (Å²) in [6.45, 7) is 0. The highest BCUT2D eigenvalue weighted by Gasteiger charge is 2.54. The molecule has 0 saturated heterocycles. The number of hydrogen-bond donors (Lipinski definition) is 1. The highest BCUT2D eigenvalue weighted by atomic mass is 79.9. The maximum Gasteiger partial charge on any atom is 0.317 e. The van der Waals surface area contributed by atoms with E-state index in [1.807, 2.05) is 24.3 Å². The van der Waals surface area contributed by atoms with Gasteiger partial charge in [0.25, 0.3) is 0 Å². The zero-order valence-corrected chi connectivity index (χ0v) is 11.6. The number of hydrogen-bond acceptors (Lipinski definition) is 3. The van der Waals surface area contributed by atoms with Gasteiger partial charge < -0.3 is 5.11 Å². The first-order chi connectivity index (χ1) is 9.12. The largest absolute Gasteiger partial charge is 0.480 e. The summed E-state index contributed by atoms with van der Waals surface area (Å²) in [4.78, 5) is 19.9. The Morgan fingerprint density at radius 1 is 1.32 bits per heavy atom. The molecule has 1 aromatic heterocycles. The Balaban J connectivity index is 2.04. The Hall–Kier alpha value is -1.75. The predicted octanol–water partition coefficient (Wildman–Crippen LogP) is 3.02. The maximum atomic E-state index is 11.3. The number of halogens is 1. The monoisotopic (exact) mass is 318 g/mol. The number of aliphatic carboxylic acids is 1. The molecule has 1 heterocycles. The Kier molecular flexibility index (Phi) is 2.86. The van der Waals surface area contributed by atoms with E-state index in [1.54, 1.807) is 12.3 Å². The van der Waals surface area contributed by atoms with Crippen molar-refractivity contribution in [2.75, 3.05) is 0 Å². The molecule has 96 valence electrons. The van der Waals surface area contributed by atoms with Gasteiger partial charge in [-0.2, -0.15) is 0 Å². The maximum absolute atomic E-state index is 11.3. The highest BCUT2D eigenvalue weighted by Crippen LogP contribution is 2.47. The minimum atomic E-state index is -0.859. The van der Waals surface area contributed by atoms with Crippen molar-refractivity contribution >= 4 is 21.9 Å². The van der Waals surface area contributed by atoms with Crippen LogP contribution in [0.25, 0.3) is 11.3 Å². The van der Waals surface area contributed by atoms with Gasteiger partial charge >= 0.3 is 5.97 Å². The smallest absolute Gasteiger partial charge is 0.317 e. The number of carboxylic acid groups (broad SMARTS) is 1. The van der Waals surface area contributed by atoms with Gasteiger partial charge in [-0.3, -0.25) is 4.79 Å². The molecule has 4 nitrogen and oxygen atoms in total. The van der Waals surface area contributed by atoms with Crippen LogP contribution in [-0.4, -0.2) is 21.0 Å². The van der Waals surface area contributed by atoms with Crippen LogP contribution in [0.4, 0.5) is 0 Å². The molecule has 0 atom stereocenters. The van der Waals surface area contributed by atoms with Crippen molar-refractivity contribution in [3.05, 3.63) is 46.8 Å². The Morgan fingerprint density at radius 2 is 2.11 bits per heavy atom. The average Bonchev–Trinajstić information content (AvgIpc) is 3.20. The topological polar surface area (TPSA) is 63.1 Å². The van der Waals surface area contributed by atoms with Gasteiger partial charge in [-0.05, 0) is 31.0 Å². The molecule has 1 N–H and O–H groups in total. The molecule has 0 amide bonds. The van der Waals surface area contributed by atoms with Crippen LogP contribution in [0, 0.1) is 0 Å². The fourth-order valence-corrected chi connectivity index (χ4v) is 2.46. The fraction of sp³-hybridized carbons (Fsp3) is 0.214. The number of nitrogens with zero attached hydrogens (tertiary/aromatic N) is 2. The zero-order valence-electron chi connectivity index (χ0n) is 10.0. The van der Waals surface area contributed by atoms with Crippen LogP contribution in [0.15, 0.2) is 41.0 Å². The van der Waals surface area contributed by atoms with Crippen molar-refractivity contribution in [1.82, 2.24) is 9.97 Å². The van der Waals surface area contributed by atoms with Crippen LogP contribution in [0.3, 0.4) is 0 Å². The van der Waals surface area contributed by atoms with E-state index in [4.69, 9.17) is 0 Å². The van der Waals surface area contributed by atoms with E-state index in [9.17, 15) is 9.90 Å². The van der Waals surface area contributed by atoms with E-state index in [-0.39, 0.29) is 0 Å². The van der Waals surface area contributed by atoms with Crippen molar-refractivity contribution < 1.29 is 9.90 Å². The Labute approximate surface area is 118 Å². The lowest BCUT2D eigenvalue weighted by atomic mass is 10.1. The quantitative estimate of drug-likeness (QED) is 0.944. The molecule has 0 radical (unpaired) electrons. The van der Waals surface area contributed by atoms with E-state index < -0.39 is 11.4 Å². The van der Waals surface area contributed by atoms with E-state index >= 15 is 0 Å². The summed E-state index contributed by atoms with van der Waals surface area (Å²) in [5, 5.41) is 9.28. The molecule has 2 aromatic rings. The first-order valence-electron chi connectivity index (χ1n) is 5.95. The Morgan fingerprint density at radius 3 is 2.74 bits per heavy atom. The summed E-state index contributed by atoms with van der Waals surface area (Å²) in [5.74, 6) is -0.420. The van der Waals surface area contributed by atoms with Crippen LogP contribution in [0.5, 0.6) is 0 Å². The third-order valence-corrected chi connectivity index (χ3v) is 3.86. The second-order valence-corrected chi connectivity index (χ2v) is 5.58. The molecule has 19 heavy (non-hydrogen) atoms. The van der Waals surface area contributed by atoms with Gasteiger partial charge in [-0.25, -0.2) is 9.97 Å². The number of carbonyl (C=O) groups is 1. The molecular weight excluding hydrogens is 308 g/mol. The molecule has 1 aliphatic rings. The molecule has 0 aliphatic heterocycles. The molecule has 1 aromatic carbocycles. The molecule has 3 rings (SSSR count). The molecule has 1 aliphatic carbocycles. The van der Waals surface area contributed by atoms with Gasteiger partial charge in [0.1, 0.15) is 11.2 Å². The average molecular weight is 319 g/mol. The molecule has 1 fully saturated rings. The van der Waals surface area contributed by atoms with Gasteiger partial charge in [0.2, 0.25) is 0 Å². The summed E-state index contributed by atoms with van der Waals surface area (Å²) >= 11 is 3.42.